The Morgan fingerprint density at radius 1 is 1.25 bits per heavy atom. The maximum atomic E-state index is 12.3. The zero-order valence-electron chi connectivity index (χ0n) is 13.7. The predicted molar refractivity (Wildman–Crippen MR) is 87.0 cm³/mol. The normalized spacial score (nSPS) is 16.8. The maximum absolute atomic E-state index is 12.3. The number of anilines is 1. The van der Waals surface area contributed by atoms with Crippen LogP contribution in [0.3, 0.4) is 0 Å². The summed E-state index contributed by atoms with van der Waals surface area (Å²) >= 11 is 0. The Bertz CT molecular complexity index is 611. The Hall–Kier alpha value is -2.44. The number of fused-ring (bicyclic) bond motifs is 1. The van der Waals surface area contributed by atoms with Gasteiger partial charge >= 0.3 is 5.97 Å². The molecule has 0 radical (unpaired) electrons. The molecule has 1 aromatic rings. The molecule has 0 aromatic heterocycles. The monoisotopic (exact) mass is 334 g/mol. The number of hydrogen-bond donors (Lipinski definition) is 1. The molecule has 2 aliphatic rings. The SMILES string of the molecule is CCOC(=O)C1CCN(C(=O)CNc2ccc3c(c2)OCO3)CC1. The smallest absolute Gasteiger partial charge is 0.309 e. The lowest BCUT2D eigenvalue weighted by molar-refractivity contribution is -0.151. The van der Waals surface area contributed by atoms with Crippen LogP contribution in [0, 0.1) is 5.92 Å². The molecular formula is C17H22N2O5. The summed E-state index contributed by atoms with van der Waals surface area (Å²) in [5, 5.41) is 3.11. The minimum Gasteiger partial charge on any atom is -0.466 e. The zero-order valence-corrected chi connectivity index (χ0v) is 13.7. The predicted octanol–water partition coefficient (Wildman–Crippen LogP) is 1.63. The summed E-state index contributed by atoms with van der Waals surface area (Å²) in [4.78, 5) is 25.8. The van der Waals surface area contributed by atoms with Gasteiger partial charge in [-0.15, -0.1) is 0 Å². The second-order valence-corrected chi connectivity index (χ2v) is 5.83. The number of nitrogens with one attached hydrogen (secondary N) is 1. The van der Waals surface area contributed by atoms with Crippen molar-refractivity contribution in [3.8, 4) is 11.5 Å². The van der Waals surface area contributed by atoms with Gasteiger partial charge in [-0.25, -0.2) is 0 Å². The third-order valence-corrected chi connectivity index (χ3v) is 4.28. The molecule has 0 bridgehead atoms. The van der Waals surface area contributed by atoms with E-state index in [2.05, 4.69) is 5.32 Å². The third-order valence-electron chi connectivity index (χ3n) is 4.28. The summed E-state index contributed by atoms with van der Waals surface area (Å²) in [5.41, 5.74) is 0.814. The van der Waals surface area contributed by atoms with Crippen LogP contribution in [0.15, 0.2) is 18.2 Å². The Kier molecular flexibility index (Phi) is 5.08. The molecule has 1 aromatic carbocycles. The van der Waals surface area contributed by atoms with Gasteiger partial charge in [0.25, 0.3) is 0 Å². The Morgan fingerprint density at radius 2 is 2.00 bits per heavy atom. The molecular weight excluding hydrogens is 312 g/mol. The fourth-order valence-electron chi connectivity index (χ4n) is 2.92. The summed E-state index contributed by atoms with van der Waals surface area (Å²) in [6.45, 7) is 3.82. The Balaban J connectivity index is 1.45. The van der Waals surface area contributed by atoms with Gasteiger partial charge in [-0.2, -0.15) is 0 Å². The number of hydrogen-bond acceptors (Lipinski definition) is 6. The van der Waals surface area contributed by atoms with E-state index in [9.17, 15) is 9.59 Å². The summed E-state index contributed by atoms with van der Waals surface area (Å²) < 4.78 is 15.6. The average Bonchev–Trinajstić information content (AvgIpc) is 3.07. The summed E-state index contributed by atoms with van der Waals surface area (Å²) in [5.74, 6) is 1.18. The number of benzene rings is 1. The van der Waals surface area contributed by atoms with Crippen molar-refractivity contribution in [2.24, 2.45) is 5.92 Å². The van der Waals surface area contributed by atoms with Crippen molar-refractivity contribution in [3.05, 3.63) is 18.2 Å². The standard InChI is InChI=1S/C17H22N2O5/c1-2-22-17(21)12-5-7-19(8-6-12)16(20)10-18-13-3-4-14-15(9-13)24-11-23-14/h3-4,9,12,18H,2,5-8,10-11H2,1H3. The highest BCUT2D eigenvalue weighted by atomic mass is 16.7. The van der Waals surface area contributed by atoms with Gasteiger partial charge in [0.1, 0.15) is 0 Å². The lowest BCUT2D eigenvalue weighted by Gasteiger charge is -2.31. The lowest BCUT2D eigenvalue weighted by Crippen LogP contribution is -2.43. The van der Waals surface area contributed by atoms with Crippen molar-refractivity contribution in [2.45, 2.75) is 19.8 Å². The molecule has 2 aliphatic heterocycles. The van der Waals surface area contributed by atoms with Crippen LogP contribution in [0.5, 0.6) is 11.5 Å². The molecule has 1 N–H and O–H groups in total. The van der Waals surface area contributed by atoms with E-state index in [4.69, 9.17) is 14.2 Å². The third kappa shape index (κ3) is 3.72. The molecule has 24 heavy (non-hydrogen) atoms. The van der Waals surface area contributed by atoms with E-state index in [-0.39, 0.29) is 31.1 Å². The number of carbonyl (C=O) groups is 2. The molecule has 0 atom stereocenters. The second-order valence-electron chi connectivity index (χ2n) is 5.83. The molecule has 0 saturated carbocycles. The van der Waals surface area contributed by atoms with E-state index in [0.717, 1.165) is 5.69 Å². The van der Waals surface area contributed by atoms with E-state index >= 15 is 0 Å². The van der Waals surface area contributed by atoms with E-state index in [1.807, 2.05) is 18.2 Å². The van der Waals surface area contributed by atoms with Gasteiger partial charge in [0.2, 0.25) is 12.7 Å². The molecule has 1 fully saturated rings. The molecule has 7 nitrogen and oxygen atoms in total. The minimum atomic E-state index is -0.150. The fourth-order valence-corrected chi connectivity index (χ4v) is 2.92. The van der Waals surface area contributed by atoms with E-state index in [1.54, 1.807) is 11.8 Å². The number of ether oxygens (including phenoxy) is 3. The van der Waals surface area contributed by atoms with Crippen molar-refractivity contribution < 1.29 is 23.8 Å². The number of likely N-dealkylation sites (tertiary alicyclic amines) is 1. The van der Waals surface area contributed by atoms with Gasteiger partial charge in [0, 0.05) is 24.8 Å². The first-order valence-corrected chi connectivity index (χ1v) is 8.25. The molecule has 1 saturated heterocycles. The van der Waals surface area contributed by atoms with Crippen LogP contribution >= 0.6 is 0 Å². The van der Waals surface area contributed by atoms with Crippen LogP contribution in [0.1, 0.15) is 19.8 Å². The number of amides is 1. The maximum Gasteiger partial charge on any atom is 0.309 e. The highest BCUT2D eigenvalue weighted by Gasteiger charge is 2.28. The molecule has 0 aliphatic carbocycles. The minimum absolute atomic E-state index is 0.0231. The average molecular weight is 334 g/mol. The van der Waals surface area contributed by atoms with Crippen LogP contribution in [-0.2, 0) is 14.3 Å². The fraction of sp³-hybridized carbons (Fsp3) is 0.529. The number of carbonyl (C=O) groups excluding carboxylic acids is 2. The Morgan fingerprint density at radius 3 is 2.75 bits per heavy atom. The van der Waals surface area contributed by atoms with E-state index in [1.165, 1.54) is 0 Å². The van der Waals surface area contributed by atoms with Crippen molar-refractivity contribution >= 4 is 17.6 Å². The first-order valence-electron chi connectivity index (χ1n) is 8.25. The molecule has 7 heteroatoms. The largest absolute Gasteiger partial charge is 0.466 e. The topological polar surface area (TPSA) is 77.1 Å². The van der Waals surface area contributed by atoms with Gasteiger partial charge in [-0.1, -0.05) is 0 Å². The molecule has 3 rings (SSSR count). The van der Waals surface area contributed by atoms with Crippen LogP contribution in [0.2, 0.25) is 0 Å². The molecule has 0 unspecified atom stereocenters. The van der Waals surface area contributed by atoms with Crippen LogP contribution in [-0.4, -0.2) is 49.8 Å². The first-order chi connectivity index (χ1) is 11.7. The number of piperidine rings is 1. The quantitative estimate of drug-likeness (QED) is 0.825. The highest BCUT2D eigenvalue weighted by Crippen LogP contribution is 2.34. The molecule has 130 valence electrons. The number of esters is 1. The van der Waals surface area contributed by atoms with Crippen molar-refractivity contribution in [3.63, 3.8) is 0 Å². The van der Waals surface area contributed by atoms with Crippen molar-refractivity contribution in [1.82, 2.24) is 4.90 Å². The lowest BCUT2D eigenvalue weighted by atomic mass is 9.97. The van der Waals surface area contributed by atoms with Gasteiger partial charge in [-0.3, -0.25) is 9.59 Å². The second kappa shape index (κ2) is 7.42. The molecule has 0 spiro atoms. The summed E-state index contributed by atoms with van der Waals surface area (Å²) in [6.07, 6.45) is 1.32. The van der Waals surface area contributed by atoms with Crippen molar-refractivity contribution in [1.29, 1.82) is 0 Å². The van der Waals surface area contributed by atoms with Crippen LogP contribution < -0.4 is 14.8 Å². The number of nitrogens with zero attached hydrogens (tertiary/aromatic N) is 1. The summed E-state index contributed by atoms with van der Waals surface area (Å²) in [6, 6.07) is 5.50. The van der Waals surface area contributed by atoms with Gasteiger partial charge in [-0.05, 0) is 31.9 Å². The van der Waals surface area contributed by atoms with Crippen molar-refractivity contribution in [2.75, 3.05) is 38.4 Å². The van der Waals surface area contributed by atoms with E-state index < -0.39 is 0 Å². The first kappa shape index (κ1) is 16.4. The molecule has 1 amide bonds. The Labute approximate surface area is 140 Å². The highest BCUT2D eigenvalue weighted by molar-refractivity contribution is 5.81. The van der Waals surface area contributed by atoms with Gasteiger partial charge in [0.05, 0.1) is 19.1 Å². The van der Waals surface area contributed by atoms with E-state index in [0.29, 0.717) is 44.0 Å². The van der Waals surface area contributed by atoms with Gasteiger partial charge in [0.15, 0.2) is 11.5 Å². The summed E-state index contributed by atoms with van der Waals surface area (Å²) in [7, 11) is 0. The van der Waals surface area contributed by atoms with Crippen LogP contribution in [0.25, 0.3) is 0 Å². The zero-order chi connectivity index (χ0) is 16.9. The van der Waals surface area contributed by atoms with Gasteiger partial charge < -0.3 is 24.4 Å². The van der Waals surface area contributed by atoms with Crippen LogP contribution in [0.4, 0.5) is 5.69 Å². The molecule has 2 heterocycles. The number of rotatable bonds is 5.